The molecule has 0 aliphatic carbocycles. The first-order valence-electron chi connectivity index (χ1n) is 14.7. The van der Waals surface area contributed by atoms with Crippen molar-refractivity contribution in [1.82, 2.24) is 21.3 Å². The molecular weight excluding hydrogens is 536 g/mol. The standard InChI is InChI=1S/C32H46N4O6/c1-32(2,3)42-31(41)36-27(23-25-18-12-9-13-19-25)29(38)34-21-15-7-5-4-6-14-20-33-28(37)26(35-30(39)40)22-24-16-10-8-11-17-24/h8-13,16-19,26-27,35H,4-7,14-15,20-23H2,1-3H3,(H,33,37)(H,34,38)(H,36,41)(H,39,40)/t26-,27-/m0/s1. The highest BCUT2D eigenvalue weighted by Crippen LogP contribution is 2.10. The van der Waals surface area contributed by atoms with Gasteiger partial charge in [-0.05, 0) is 44.7 Å². The molecule has 2 rings (SSSR count). The summed E-state index contributed by atoms with van der Waals surface area (Å²) in [7, 11) is 0. The van der Waals surface area contributed by atoms with Gasteiger partial charge in [-0.2, -0.15) is 0 Å². The molecule has 0 spiro atoms. The van der Waals surface area contributed by atoms with Gasteiger partial charge in [-0.3, -0.25) is 9.59 Å². The van der Waals surface area contributed by atoms with Crippen LogP contribution in [0.2, 0.25) is 0 Å². The zero-order valence-corrected chi connectivity index (χ0v) is 25.0. The van der Waals surface area contributed by atoms with E-state index in [0.29, 0.717) is 25.9 Å². The van der Waals surface area contributed by atoms with Gasteiger partial charge in [0.2, 0.25) is 11.8 Å². The Balaban J connectivity index is 1.63. The summed E-state index contributed by atoms with van der Waals surface area (Å²) in [5.41, 5.74) is 1.16. The first-order chi connectivity index (χ1) is 20.0. The molecule has 0 saturated carbocycles. The number of carbonyl (C=O) groups excluding carboxylic acids is 3. The van der Waals surface area contributed by atoms with Crippen molar-refractivity contribution in [3.05, 3.63) is 71.8 Å². The number of hydrogen-bond donors (Lipinski definition) is 5. The molecular formula is C32H46N4O6. The lowest BCUT2D eigenvalue weighted by Crippen LogP contribution is -2.49. The molecule has 42 heavy (non-hydrogen) atoms. The molecule has 0 bridgehead atoms. The molecule has 230 valence electrons. The number of amides is 4. The largest absolute Gasteiger partial charge is 0.465 e. The van der Waals surface area contributed by atoms with Gasteiger partial charge in [0.15, 0.2) is 0 Å². The van der Waals surface area contributed by atoms with E-state index in [1.54, 1.807) is 20.8 Å². The van der Waals surface area contributed by atoms with E-state index in [1.165, 1.54) is 0 Å². The number of benzene rings is 2. The number of unbranched alkanes of at least 4 members (excludes halogenated alkanes) is 5. The van der Waals surface area contributed by atoms with Gasteiger partial charge in [0.1, 0.15) is 17.7 Å². The van der Waals surface area contributed by atoms with Gasteiger partial charge >= 0.3 is 12.2 Å². The van der Waals surface area contributed by atoms with Crippen LogP contribution in [0.25, 0.3) is 0 Å². The van der Waals surface area contributed by atoms with Crippen LogP contribution < -0.4 is 21.3 Å². The monoisotopic (exact) mass is 582 g/mol. The zero-order chi connectivity index (χ0) is 30.8. The Morgan fingerprint density at radius 3 is 1.48 bits per heavy atom. The van der Waals surface area contributed by atoms with Crippen LogP contribution in [0.1, 0.15) is 70.4 Å². The average molecular weight is 583 g/mol. The van der Waals surface area contributed by atoms with Crippen LogP contribution in [0.4, 0.5) is 9.59 Å². The van der Waals surface area contributed by atoms with Crippen molar-refractivity contribution in [3.63, 3.8) is 0 Å². The molecule has 0 aliphatic rings. The number of carbonyl (C=O) groups is 4. The first-order valence-corrected chi connectivity index (χ1v) is 14.7. The van der Waals surface area contributed by atoms with E-state index in [-0.39, 0.29) is 11.8 Å². The van der Waals surface area contributed by atoms with E-state index >= 15 is 0 Å². The molecule has 4 amide bonds. The van der Waals surface area contributed by atoms with Crippen LogP contribution in [-0.4, -0.2) is 59.9 Å². The van der Waals surface area contributed by atoms with Crippen LogP contribution in [0.5, 0.6) is 0 Å². The van der Waals surface area contributed by atoms with Crippen molar-refractivity contribution in [1.29, 1.82) is 0 Å². The van der Waals surface area contributed by atoms with Gasteiger partial charge in [-0.1, -0.05) is 86.3 Å². The lowest BCUT2D eigenvalue weighted by molar-refractivity contribution is -0.123. The summed E-state index contributed by atoms with van der Waals surface area (Å²) in [6.07, 6.45) is 4.26. The van der Waals surface area contributed by atoms with Gasteiger partial charge in [-0.15, -0.1) is 0 Å². The van der Waals surface area contributed by atoms with Crippen molar-refractivity contribution in [3.8, 4) is 0 Å². The van der Waals surface area contributed by atoms with Crippen molar-refractivity contribution >= 4 is 24.0 Å². The minimum atomic E-state index is -1.23. The zero-order valence-electron chi connectivity index (χ0n) is 25.0. The van der Waals surface area contributed by atoms with Crippen LogP contribution >= 0.6 is 0 Å². The maximum absolute atomic E-state index is 12.9. The predicted octanol–water partition coefficient (Wildman–Crippen LogP) is 4.57. The van der Waals surface area contributed by atoms with E-state index in [4.69, 9.17) is 9.84 Å². The minimum Gasteiger partial charge on any atom is -0.465 e. The van der Waals surface area contributed by atoms with Crippen molar-refractivity contribution < 1.29 is 29.0 Å². The summed E-state index contributed by atoms with van der Waals surface area (Å²) in [5.74, 6) is -0.577. The van der Waals surface area contributed by atoms with Gasteiger partial charge in [0, 0.05) is 25.9 Å². The highest BCUT2D eigenvalue weighted by Gasteiger charge is 2.24. The Kier molecular flexibility index (Phi) is 14.9. The fraction of sp³-hybridized carbons (Fsp3) is 0.500. The summed E-state index contributed by atoms with van der Waals surface area (Å²) >= 11 is 0. The predicted molar refractivity (Wildman–Crippen MR) is 162 cm³/mol. The average Bonchev–Trinajstić information content (AvgIpc) is 2.93. The minimum absolute atomic E-state index is 0.247. The Labute approximate surface area is 249 Å². The molecule has 0 aliphatic heterocycles. The number of nitrogens with one attached hydrogen (secondary N) is 4. The summed E-state index contributed by atoms with van der Waals surface area (Å²) < 4.78 is 5.34. The molecule has 0 saturated heterocycles. The third-order valence-corrected chi connectivity index (χ3v) is 6.39. The van der Waals surface area contributed by atoms with E-state index in [2.05, 4.69) is 21.3 Å². The van der Waals surface area contributed by atoms with E-state index < -0.39 is 29.9 Å². The Bertz CT molecular complexity index is 1100. The van der Waals surface area contributed by atoms with Gasteiger partial charge in [0.25, 0.3) is 0 Å². The lowest BCUT2D eigenvalue weighted by atomic mass is 10.1. The maximum atomic E-state index is 12.9. The molecule has 0 radical (unpaired) electrons. The maximum Gasteiger partial charge on any atom is 0.408 e. The topological polar surface area (TPSA) is 146 Å². The third kappa shape index (κ3) is 15.1. The van der Waals surface area contributed by atoms with Crippen LogP contribution in [0.3, 0.4) is 0 Å². The second-order valence-corrected chi connectivity index (χ2v) is 11.3. The fourth-order valence-electron chi connectivity index (χ4n) is 4.34. The summed E-state index contributed by atoms with van der Waals surface area (Å²) in [6.45, 7) is 6.32. The lowest BCUT2D eigenvalue weighted by Gasteiger charge is -2.23. The Hall–Kier alpha value is -4.08. The molecule has 5 N–H and O–H groups in total. The van der Waals surface area contributed by atoms with E-state index in [9.17, 15) is 19.2 Å². The normalized spacial score (nSPS) is 12.5. The molecule has 0 heterocycles. The van der Waals surface area contributed by atoms with Crippen molar-refractivity contribution in [2.75, 3.05) is 13.1 Å². The van der Waals surface area contributed by atoms with E-state index in [1.807, 2.05) is 60.7 Å². The highest BCUT2D eigenvalue weighted by atomic mass is 16.6. The molecule has 0 unspecified atom stereocenters. The van der Waals surface area contributed by atoms with Gasteiger partial charge in [-0.25, -0.2) is 9.59 Å². The third-order valence-electron chi connectivity index (χ3n) is 6.39. The fourth-order valence-corrected chi connectivity index (χ4v) is 4.34. The second kappa shape index (κ2) is 18.4. The SMILES string of the molecule is CC(C)(C)OC(=O)N[C@@H](Cc1ccccc1)C(=O)NCCCCCCCCNC(=O)[C@H](Cc1ccccc1)NC(=O)O. The summed E-state index contributed by atoms with van der Waals surface area (Å²) in [4.78, 5) is 48.8. The van der Waals surface area contributed by atoms with E-state index in [0.717, 1.165) is 49.7 Å². The van der Waals surface area contributed by atoms with Gasteiger partial charge < -0.3 is 31.1 Å². The van der Waals surface area contributed by atoms with Crippen LogP contribution in [0.15, 0.2) is 60.7 Å². The number of ether oxygens (including phenoxy) is 1. The first kappa shape index (κ1) is 34.1. The molecule has 0 aromatic heterocycles. The Morgan fingerprint density at radius 2 is 1.07 bits per heavy atom. The number of hydrogen-bond acceptors (Lipinski definition) is 5. The van der Waals surface area contributed by atoms with Crippen molar-refractivity contribution in [2.24, 2.45) is 0 Å². The quantitative estimate of drug-likeness (QED) is 0.173. The van der Waals surface area contributed by atoms with Gasteiger partial charge in [0.05, 0.1) is 0 Å². The molecule has 0 fully saturated rings. The molecule has 10 heteroatoms. The summed E-state index contributed by atoms with van der Waals surface area (Å²) in [5, 5.41) is 19.9. The van der Waals surface area contributed by atoms with Crippen LogP contribution in [0, 0.1) is 0 Å². The summed E-state index contributed by atoms with van der Waals surface area (Å²) in [6, 6.07) is 17.2. The molecule has 10 nitrogen and oxygen atoms in total. The number of carboxylic acid groups (broad SMARTS) is 1. The Morgan fingerprint density at radius 1 is 0.667 bits per heavy atom. The number of alkyl carbamates (subject to hydrolysis) is 1. The number of rotatable bonds is 17. The smallest absolute Gasteiger partial charge is 0.408 e. The molecule has 2 aromatic rings. The van der Waals surface area contributed by atoms with Crippen molar-refractivity contribution in [2.45, 2.75) is 89.8 Å². The molecule has 2 atom stereocenters. The highest BCUT2D eigenvalue weighted by molar-refractivity contribution is 5.86. The van der Waals surface area contributed by atoms with Crippen LogP contribution in [-0.2, 0) is 27.2 Å². The molecule has 2 aromatic carbocycles. The second-order valence-electron chi connectivity index (χ2n) is 11.3.